The van der Waals surface area contributed by atoms with E-state index in [0.29, 0.717) is 5.56 Å². The fourth-order valence-corrected chi connectivity index (χ4v) is 4.39. The van der Waals surface area contributed by atoms with Crippen LogP contribution in [-0.4, -0.2) is 19.5 Å². The molecule has 0 amide bonds. The lowest BCUT2D eigenvalue weighted by atomic mass is 10.1. The zero-order valence-electron chi connectivity index (χ0n) is 11.5. The summed E-state index contributed by atoms with van der Waals surface area (Å²) in [7, 11) is -3.81. The van der Waals surface area contributed by atoms with E-state index in [1.807, 2.05) is 0 Å². The number of benzene rings is 2. The first-order chi connectivity index (χ1) is 9.98. The lowest BCUT2D eigenvalue weighted by molar-refractivity contribution is 0.0985. The summed E-state index contributed by atoms with van der Waals surface area (Å²) >= 11 is 5.97. The van der Waals surface area contributed by atoms with E-state index in [0.717, 1.165) is 0 Å². The van der Waals surface area contributed by atoms with E-state index < -0.39 is 20.9 Å². The summed E-state index contributed by atoms with van der Waals surface area (Å²) in [4.78, 5) is 12.5. The fourth-order valence-electron chi connectivity index (χ4n) is 2.16. The second kappa shape index (κ2) is 6.41. The molecule has 0 spiro atoms. The molecule has 0 aliphatic heterocycles. The van der Waals surface area contributed by atoms with Crippen molar-refractivity contribution >= 4 is 27.2 Å². The fraction of sp³-hybridized carbons (Fsp3) is 0.188. The summed E-state index contributed by atoms with van der Waals surface area (Å²) in [5.74, 6) is -0.405. The normalized spacial score (nSPS) is 12.9. The maximum absolute atomic E-state index is 12.7. The minimum Gasteiger partial charge on any atom is -0.293 e. The molecule has 0 aliphatic carbocycles. The van der Waals surface area contributed by atoms with E-state index in [1.54, 1.807) is 49.4 Å². The predicted molar refractivity (Wildman–Crippen MR) is 83.5 cm³/mol. The largest absolute Gasteiger partial charge is 0.293 e. The van der Waals surface area contributed by atoms with Gasteiger partial charge < -0.3 is 0 Å². The molecule has 0 aromatic heterocycles. The van der Waals surface area contributed by atoms with Crippen LogP contribution in [0.4, 0.5) is 0 Å². The van der Waals surface area contributed by atoms with E-state index in [-0.39, 0.29) is 16.3 Å². The molecule has 0 saturated carbocycles. The summed E-state index contributed by atoms with van der Waals surface area (Å²) in [6, 6.07) is 14.6. The highest BCUT2D eigenvalue weighted by atomic mass is 35.5. The zero-order valence-corrected chi connectivity index (χ0v) is 13.1. The summed E-state index contributed by atoms with van der Waals surface area (Å²) in [6.07, 6.45) is 0.196. The highest BCUT2D eigenvalue weighted by Gasteiger charge is 2.34. The first kappa shape index (κ1) is 15.7. The smallest absolute Gasteiger partial charge is 0.190 e. The molecule has 21 heavy (non-hydrogen) atoms. The first-order valence-electron chi connectivity index (χ1n) is 6.56. The van der Waals surface area contributed by atoms with Crippen molar-refractivity contribution in [2.45, 2.75) is 23.5 Å². The van der Waals surface area contributed by atoms with Gasteiger partial charge in [-0.2, -0.15) is 0 Å². The Balaban J connectivity index is 2.46. The molecule has 110 valence electrons. The molecule has 0 aliphatic rings. The van der Waals surface area contributed by atoms with Gasteiger partial charge in [-0.1, -0.05) is 61.0 Å². The molecule has 2 aromatic carbocycles. The lowest BCUT2D eigenvalue weighted by Gasteiger charge is -2.16. The molecule has 2 rings (SSSR count). The highest BCUT2D eigenvalue weighted by Crippen LogP contribution is 2.27. The SMILES string of the molecule is CCC(C(=O)c1ccccc1)S(=O)(=O)c1ccccc1Cl. The number of ketones is 1. The van der Waals surface area contributed by atoms with Gasteiger partial charge in [0.15, 0.2) is 15.6 Å². The van der Waals surface area contributed by atoms with Crippen molar-refractivity contribution < 1.29 is 13.2 Å². The second-order valence-corrected chi connectivity index (χ2v) is 7.11. The Kier molecular flexibility index (Phi) is 4.80. The third kappa shape index (κ3) is 3.17. The van der Waals surface area contributed by atoms with Gasteiger partial charge >= 0.3 is 0 Å². The van der Waals surface area contributed by atoms with Gasteiger partial charge in [-0.15, -0.1) is 0 Å². The quantitative estimate of drug-likeness (QED) is 0.787. The number of hydrogen-bond donors (Lipinski definition) is 0. The van der Waals surface area contributed by atoms with Crippen LogP contribution in [0.1, 0.15) is 23.7 Å². The number of carbonyl (C=O) groups is 1. The molecular weight excluding hydrogens is 308 g/mol. The van der Waals surface area contributed by atoms with Gasteiger partial charge in [-0.25, -0.2) is 8.42 Å². The van der Waals surface area contributed by atoms with E-state index in [4.69, 9.17) is 11.6 Å². The third-order valence-corrected chi connectivity index (χ3v) is 5.95. The Morgan fingerprint density at radius 2 is 1.62 bits per heavy atom. The van der Waals surface area contributed by atoms with Crippen LogP contribution < -0.4 is 0 Å². The van der Waals surface area contributed by atoms with E-state index in [1.165, 1.54) is 12.1 Å². The van der Waals surface area contributed by atoms with E-state index in [2.05, 4.69) is 0 Å². The Bertz CT molecular complexity index is 739. The lowest BCUT2D eigenvalue weighted by Crippen LogP contribution is -2.30. The maximum Gasteiger partial charge on any atom is 0.190 e. The summed E-state index contributed by atoms with van der Waals surface area (Å²) in [5, 5.41) is -0.989. The van der Waals surface area contributed by atoms with Gasteiger partial charge in [-0.05, 0) is 18.6 Å². The van der Waals surface area contributed by atoms with Crippen molar-refractivity contribution in [3.05, 3.63) is 65.2 Å². The molecule has 0 saturated heterocycles. The van der Waals surface area contributed by atoms with E-state index >= 15 is 0 Å². The monoisotopic (exact) mass is 322 g/mol. The van der Waals surface area contributed by atoms with Crippen molar-refractivity contribution in [2.75, 3.05) is 0 Å². The van der Waals surface area contributed by atoms with Crippen LogP contribution in [-0.2, 0) is 9.84 Å². The molecule has 0 heterocycles. The highest BCUT2D eigenvalue weighted by molar-refractivity contribution is 7.93. The summed E-state index contributed by atoms with van der Waals surface area (Å²) in [5.41, 5.74) is 0.389. The Morgan fingerprint density at radius 3 is 2.19 bits per heavy atom. The molecule has 5 heteroatoms. The molecule has 0 radical (unpaired) electrons. The van der Waals surface area contributed by atoms with Gasteiger partial charge in [-0.3, -0.25) is 4.79 Å². The van der Waals surface area contributed by atoms with Gasteiger partial charge in [0.25, 0.3) is 0 Å². The zero-order chi connectivity index (χ0) is 15.5. The number of Topliss-reactive ketones (excluding diaryl/α,β-unsaturated/α-hetero) is 1. The van der Waals surface area contributed by atoms with Crippen LogP contribution in [0.2, 0.25) is 5.02 Å². The van der Waals surface area contributed by atoms with E-state index in [9.17, 15) is 13.2 Å². The van der Waals surface area contributed by atoms with Crippen molar-refractivity contribution in [3.63, 3.8) is 0 Å². The van der Waals surface area contributed by atoms with Crippen LogP contribution in [0.5, 0.6) is 0 Å². The molecule has 1 atom stereocenters. The molecule has 2 aromatic rings. The van der Waals surface area contributed by atoms with Crippen molar-refractivity contribution in [2.24, 2.45) is 0 Å². The molecular formula is C16H15ClO3S. The minimum absolute atomic E-state index is 0.00259. The van der Waals surface area contributed by atoms with Gasteiger partial charge in [0.2, 0.25) is 0 Å². The standard InChI is InChI=1S/C16H15ClO3S/c1-2-14(16(18)12-8-4-3-5-9-12)21(19,20)15-11-7-6-10-13(15)17/h3-11,14H,2H2,1H3. The number of rotatable bonds is 5. The molecule has 1 unspecified atom stereocenters. The van der Waals surface area contributed by atoms with Crippen molar-refractivity contribution in [1.82, 2.24) is 0 Å². The number of halogens is 1. The molecule has 0 fully saturated rings. The topological polar surface area (TPSA) is 51.2 Å². The Hall–Kier alpha value is -1.65. The van der Waals surface area contributed by atoms with Crippen molar-refractivity contribution in [1.29, 1.82) is 0 Å². The van der Waals surface area contributed by atoms with Crippen LogP contribution in [0, 0.1) is 0 Å². The van der Waals surface area contributed by atoms with Crippen LogP contribution >= 0.6 is 11.6 Å². The van der Waals surface area contributed by atoms with Crippen LogP contribution in [0.3, 0.4) is 0 Å². The minimum atomic E-state index is -3.81. The van der Waals surface area contributed by atoms with Crippen molar-refractivity contribution in [3.8, 4) is 0 Å². The average molecular weight is 323 g/mol. The third-order valence-electron chi connectivity index (χ3n) is 3.24. The average Bonchev–Trinajstić information content (AvgIpc) is 2.48. The Morgan fingerprint density at radius 1 is 1.05 bits per heavy atom. The molecule has 3 nitrogen and oxygen atoms in total. The summed E-state index contributed by atoms with van der Waals surface area (Å²) < 4.78 is 25.4. The number of hydrogen-bond acceptors (Lipinski definition) is 3. The van der Waals surface area contributed by atoms with Gasteiger partial charge in [0.05, 0.1) is 9.92 Å². The molecule has 0 N–H and O–H groups in total. The van der Waals surface area contributed by atoms with Crippen LogP contribution in [0.15, 0.2) is 59.5 Å². The Labute approximate surface area is 129 Å². The summed E-state index contributed by atoms with van der Waals surface area (Å²) in [6.45, 7) is 1.68. The maximum atomic E-state index is 12.7. The van der Waals surface area contributed by atoms with Crippen LogP contribution in [0.25, 0.3) is 0 Å². The molecule has 0 bridgehead atoms. The second-order valence-electron chi connectivity index (χ2n) is 4.60. The first-order valence-corrected chi connectivity index (χ1v) is 8.48. The predicted octanol–water partition coefficient (Wildman–Crippen LogP) is 3.78. The van der Waals surface area contributed by atoms with Gasteiger partial charge in [0.1, 0.15) is 5.25 Å². The number of sulfone groups is 1. The number of carbonyl (C=O) groups excluding carboxylic acids is 1. The van der Waals surface area contributed by atoms with Gasteiger partial charge in [0, 0.05) is 5.56 Å².